The van der Waals surface area contributed by atoms with Crippen molar-refractivity contribution >= 4 is 17.1 Å². The van der Waals surface area contributed by atoms with Crippen LogP contribution in [0, 0.1) is 0 Å². The van der Waals surface area contributed by atoms with Gasteiger partial charge in [-0.1, -0.05) is 18.1 Å². The Balaban J connectivity index is 1.78. The van der Waals surface area contributed by atoms with Crippen LogP contribution in [0.1, 0.15) is 25.7 Å². The third-order valence-electron chi connectivity index (χ3n) is 3.61. The Labute approximate surface area is 114 Å². The fraction of sp³-hybridized carbons (Fsp3) is 0.583. The summed E-state index contributed by atoms with van der Waals surface area (Å²) in [4.78, 5) is 28.2. The van der Waals surface area contributed by atoms with Crippen molar-refractivity contribution in [3.05, 3.63) is 16.7 Å². The first-order chi connectivity index (χ1) is 9.65. The van der Waals surface area contributed by atoms with Crippen molar-refractivity contribution in [3.63, 3.8) is 0 Å². The van der Waals surface area contributed by atoms with Crippen LogP contribution in [-0.2, 0) is 18.4 Å². The summed E-state index contributed by atoms with van der Waals surface area (Å²) in [6.07, 6.45) is 5.70. The lowest BCUT2D eigenvalue weighted by Crippen LogP contribution is -2.37. The molecule has 3 rings (SSSR count). The summed E-state index contributed by atoms with van der Waals surface area (Å²) >= 11 is 0. The summed E-state index contributed by atoms with van der Waals surface area (Å²) < 4.78 is 2.70. The Morgan fingerprint density at radius 1 is 1.45 bits per heavy atom. The van der Waals surface area contributed by atoms with Crippen molar-refractivity contribution < 1.29 is 4.79 Å². The standard InChI is InChI=1S/C12H16N6O2/c1-17-11-10(15-16-17)12(20)18(7-13-11)6-9(19)14-8-4-2-3-5-8/h7-8H,2-6H2,1H3,(H,14,19). The molecule has 0 aliphatic heterocycles. The van der Waals surface area contributed by atoms with E-state index in [9.17, 15) is 9.59 Å². The molecule has 8 heteroatoms. The zero-order valence-corrected chi connectivity index (χ0v) is 11.2. The third kappa shape index (κ3) is 2.28. The Kier molecular flexibility index (Phi) is 3.21. The monoisotopic (exact) mass is 276 g/mol. The fourth-order valence-electron chi connectivity index (χ4n) is 2.56. The highest BCUT2D eigenvalue weighted by atomic mass is 16.2. The number of aromatic nitrogens is 5. The number of fused-ring (bicyclic) bond motifs is 1. The summed E-state index contributed by atoms with van der Waals surface area (Å²) in [5.41, 5.74) is 0.260. The number of hydrogen-bond donors (Lipinski definition) is 1. The number of aryl methyl sites for hydroxylation is 1. The van der Waals surface area contributed by atoms with Crippen molar-refractivity contribution in [1.29, 1.82) is 0 Å². The van der Waals surface area contributed by atoms with Crippen molar-refractivity contribution in [3.8, 4) is 0 Å². The minimum atomic E-state index is -0.343. The number of amides is 1. The molecule has 2 heterocycles. The van der Waals surface area contributed by atoms with Gasteiger partial charge in [-0.2, -0.15) is 0 Å². The Morgan fingerprint density at radius 3 is 2.95 bits per heavy atom. The largest absolute Gasteiger partial charge is 0.352 e. The normalized spacial score (nSPS) is 15.8. The van der Waals surface area contributed by atoms with Gasteiger partial charge < -0.3 is 5.32 Å². The van der Waals surface area contributed by atoms with Crippen LogP contribution in [0.25, 0.3) is 11.2 Å². The van der Waals surface area contributed by atoms with E-state index in [0.717, 1.165) is 25.7 Å². The zero-order valence-electron chi connectivity index (χ0n) is 11.2. The molecule has 0 atom stereocenters. The van der Waals surface area contributed by atoms with Gasteiger partial charge in [0.1, 0.15) is 12.9 Å². The lowest BCUT2D eigenvalue weighted by Gasteiger charge is -2.12. The van der Waals surface area contributed by atoms with Crippen LogP contribution in [0.3, 0.4) is 0 Å². The average molecular weight is 276 g/mol. The molecule has 106 valence electrons. The number of carbonyl (C=O) groups excluding carboxylic acids is 1. The molecule has 0 saturated heterocycles. The van der Waals surface area contributed by atoms with Crippen molar-refractivity contribution in [1.82, 2.24) is 29.9 Å². The van der Waals surface area contributed by atoms with E-state index in [1.54, 1.807) is 7.05 Å². The van der Waals surface area contributed by atoms with Crippen LogP contribution in [0.4, 0.5) is 0 Å². The first-order valence-corrected chi connectivity index (χ1v) is 6.69. The molecule has 8 nitrogen and oxygen atoms in total. The molecule has 0 bridgehead atoms. The topological polar surface area (TPSA) is 94.7 Å². The minimum absolute atomic E-state index is 0.0329. The molecule has 20 heavy (non-hydrogen) atoms. The Morgan fingerprint density at radius 2 is 2.20 bits per heavy atom. The van der Waals surface area contributed by atoms with Crippen molar-refractivity contribution in [2.24, 2.45) is 7.05 Å². The summed E-state index contributed by atoms with van der Waals surface area (Å²) in [6, 6.07) is 0.242. The van der Waals surface area contributed by atoms with Gasteiger partial charge in [0.25, 0.3) is 5.56 Å². The minimum Gasteiger partial charge on any atom is -0.352 e. The molecular formula is C12H16N6O2. The molecular weight excluding hydrogens is 260 g/mol. The number of hydrogen-bond acceptors (Lipinski definition) is 5. The smallest absolute Gasteiger partial charge is 0.283 e. The molecule has 1 N–H and O–H groups in total. The molecule has 0 radical (unpaired) electrons. The number of nitrogens with one attached hydrogen (secondary N) is 1. The summed E-state index contributed by atoms with van der Waals surface area (Å²) in [5, 5.41) is 10.5. The van der Waals surface area contributed by atoms with Crippen LogP contribution in [0.2, 0.25) is 0 Å². The second kappa shape index (κ2) is 5.03. The first-order valence-electron chi connectivity index (χ1n) is 6.69. The van der Waals surface area contributed by atoms with Gasteiger partial charge in [0.15, 0.2) is 11.2 Å². The Bertz CT molecular complexity index is 698. The second-order valence-corrected chi connectivity index (χ2v) is 5.11. The average Bonchev–Trinajstić information content (AvgIpc) is 3.04. The maximum atomic E-state index is 12.1. The highest BCUT2D eigenvalue weighted by Gasteiger charge is 2.18. The van der Waals surface area contributed by atoms with E-state index in [1.165, 1.54) is 15.6 Å². The van der Waals surface area contributed by atoms with Crippen LogP contribution in [-0.4, -0.2) is 36.5 Å². The zero-order chi connectivity index (χ0) is 14.1. The van der Waals surface area contributed by atoms with E-state index < -0.39 is 0 Å². The molecule has 0 unspecified atom stereocenters. The van der Waals surface area contributed by atoms with Crippen LogP contribution in [0.15, 0.2) is 11.1 Å². The van der Waals surface area contributed by atoms with Gasteiger partial charge in [0.05, 0.1) is 0 Å². The molecule has 1 saturated carbocycles. The quantitative estimate of drug-likeness (QED) is 0.822. The number of rotatable bonds is 3. The highest BCUT2D eigenvalue weighted by molar-refractivity contribution is 5.76. The molecule has 1 fully saturated rings. The SMILES string of the molecule is Cn1nnc2c(=O)n(CC(=O)NC3CCCC3)cnc21. The summed E-state index contributed by atoms with van der Waals surface area (Å²) in [7, 11) is 1.67. The van der Waals surface area contributed by atoms with E-state index in [4.69, 9.17) is 0 Å². The summed E-state index contributed by atoms with van der Waals surface area (Å²) in [6.45, 7) is -0.0329. The molecule has 1 aliphatic carbocycles. The molecule has 1 aliphatic rings. The van der Waals surface area contributed by atoms with Gasteiger partial charge in [0, 0.05) is 13.1 Å². The van der Waals surface area contributed by atoms with Crippen LogP contribution in [0.5, 0.6) is 0 Å². The van der Waals surface area contributed by atoms with Crippen molar-refractivity contribution in [2.45, 2.75) is 38.3 Å². The third-order valence-corrected chi connectivity index (χ3v) is 3.61. The van der Waals surface area contributed by atoms with E-state index in [1.807, 2.05) is 0 Å². The van der Waals surface area contributed by atoms with E-state index in [0.29, 0.717) is 5.65 Å². The maximum absolute atomic E-state index is 12.1. The van der Waals surface area contributed by atoms with Crippen molar-refractivity contribution in [2.75, 3.05) is 0 Å². The van der Waals surface area contributed by atoms with E-state index >= 15 is 0 Å². The highest BCUT2D eigenvalue weighted by Crippen LogP contribution is 2.17. The molecule has 0 spiro atoms. The predicted molar refractivity (Wildman–Crippen MR) is 71.0 cm³/mol. The van der Waals surface area contributed by atoms with Gasteiger partial charge in [-0.15, -0.1) is 5.10 Å². The molecule has 2 aromatic rings. The predicted octanol–water partition coefficient (Wildman–Crippen LogP) is -0.416. The van der Waals surface area contributed by atoms with E-state index in [2.05, 4.69) is 20.6 Å². The molecule has 0 aromatic carbocycles. The van der Waals surface area contributed by atoms with Crippen LogP contribution >= 0.6 is 0 Å². The maximum Gasteiger partial charge on any atom is 0.283 e. The van der Waals surface area contributed by atoms with E-state index in [-0.39, 0.29) is 29.6 Å². The fourth-order valence-corrected chi connectivity index (χ4v) is 2.56. The van der Waals surface area contributed by atoms with Gasteiger partial charge in [-0.05, 0) is 12.8 Å². The Hall–Kier alpha value is -2.25. The molecule has 1 amide bonds. The van der Waals surface area contributed by atoms with Gasteiger partial charge >= 0.3 is 0 Å². The lowest BCUT2D eigenvalue weighted by molar-refractivity contribution is -0.122. The summed E-state index contributed by atoms with van der Waals surface area (Å²) in [5.74, 6) is -0.163. The van der Waals surface area contributed by atoms with Gasteiger partial charge in [-0.25, -0.2) is 9.67 Å². The van der Waals surface area contributed by atoms with Gasteiger partial charge in [0.2, 0.25) is 5.91 Å². The lowest BCUT2D eigenvalue weighted by atomic mass is 10.2. The number of carbonyl (C=O) groups is 1. The number of nitrogens with zero attached hydrogens (tertiary/aromatic N) is 5. The first kappa shape index (κ1) is 12.8. The molecule has 2 aromatic heterocycles. The van der Waals surface area contributed by atoms with Crippen LogP contribution < -0.4 is 10.9 Å². The second-order valence-electron chi connectivity index (χ2n) is 5.11. The van der Waals surface area contributed by atoms with Gasteiger partial charge in [-0.3, -0.25) is 14.2 Å².